The average molecular weight is 538 g/mol. The molecule has 39 heavy (non-hydrogen) atoms. The summed E-state index contributed by atoms with van der Waals surface area (Å²) < 4.78 is 6.21. The summed E-state index contributed by atoms with van der Waals surface area (Å²) in [5.74, 6) is 2.48. The number of anilines is 1. The van der Waals surface area contributed by atoms with E-state index >= 15 is 0 Å². The standard InChI is InChI=1S/C31H27N3O4S/c35-31-28-17-25(34(36)37)14-15-29(28)32(18-22-8-3-1-4-9-22)30(33(31)19-23-10-5-2-6-11-23)24-12-7-13-26(16-24)38-27-20-39-21-27/h1-17,27,30H,18-21H2/t30-/m0/s1. The van der Waals surface area contributed by atoms with Gasteiger partial charge in [-0.05, 0) is 34.9 Å². The fourth-order valence-corrected chi connectivity index (χ4v) is 5.66. The summed E-state index contributed by atoms with van der Waals surface area (Å²) in [6.45, 7) is 0.862. The zero-order valence-corrected chi connectivity index (χ0v) is 22.0. The Hall–Kier alpha value is -4.30. The number of benzene rings is 4. The highest BCUT2D eigenvalue weighted by molar-refractivity contribution is 8.00. The minimum Gasteiger partial charge on any atom is -0.489 e. The molecule has 7 nitrogen and oxygen atoms in total. The molecule has 0 radical (unpaired) electrons. The van der Waals surface area contributed by atoms with Gasteiger partial charge in [-0.25, -0.2) is 0 Å². The Morgan fingerprint density at radius 3 is 2.10 bits per heavy atom. The lowest BCUT2D eigenvalue weighted by Crippen LogP contribution is -2.48. The molecule has 196 valence electrons. The zero-order chi connectivity index (χ0) is 26.8. The molecule has 2 aliphatic heterocycles. The van der Waals surface area contributed by atoms with E-state index < -0.39 is 11.1 Å². The van der Waals surface area contributed by atoms with Crippen molar-refractivity contribution in [3.63, 3.8) is 0 Å². The van der Waals surface area contributed by atoms with Crippen LogP contribution in [-0.4, -0.2) is 33.3 Å². The van der Waals surface area contributed by atoms with Gasteiger partial charge in [-0.2, -0.15) is 11.8 Å². The van der Waals surface area contributed by atoms with Gasteiger partial charge >= 0.3 is 0 Å². The van der Waals surface area contributed by atoms with E-state index in [0.717, 1.165) is 33.9 Å². The molecule has 6 rings (SSSR count). The number of carbonyl (C=O) groups excluding carboxylic acids is 1. The molecule has 0 aromatic heterocycles. The summed E-state index contributed by atoms with van der Waals surface area (Å²) in [4.78, 5) is 29.3. The molecule has 0 aliphatic carbocycles. The summed E-state index contributed by atoms with van der Waals surface area (Å²) >= 11 is 1.86. The molecule has 1 atom stereocenters. The highest BCUT2D eigenvalue weighted by Crippen LogP contribution is 2.42. The second-order valence-electron chi connectivity index (χ2n) is 9.71. The smallest absolute Gasteiger partial charge is 0.270 e. The number of nitro groups is 1. The third kappa shape index (κ3) is 5.20. The molecular weight excluding hydrogens is 510 g/mol. The quantitative estimate of drug-likeness (QED) is 0.190. The van der Waals surface area contributed by atoms with Gasteiger partial charge in [0.15, 0.2) is 0 Å². The Bertz CT molecular complexity index is 1490. The average Bonchev–Trinajstić information content (AvgIpc) is 2.94. The number of carbonyl (C=O) groups is 1. The van der Waals surface area contributed by atoms with E-state index in [2.05, 4.69) is 4.90 Å². The number of ether oxygens (including phenoxy) is 1. The molecule has 1 fully saturated rings. The zero-order valence-electron chi connectivity index (χ0n) is 21.2. The predicted molar refractivity (Wildman–Crippen MR) is 153 cm³/mol. The monoisotopic (exact) mass is 537 g/mol. The van der Waals surface area contributed by atoms with Crippen molar-refractivity contribution in [1.29, 1.82) is 0 Å². The lowest BCUT2D eigenvalue weighted by molar-refractivity contribution is -0.384. The Kier molecular flexibility index (Phi) is 6.94. The molecule has 0 saturated carbocycles. The first-order valence-corrected chi connectivity index (χ1v) is 14.0. The van der Waals surface area contributed by atoms with Crippen molar-refractivity contribution in [2.75, 3.05) is 16.4 Å². The van der Waals surface area contributed by atoms with E-state index in [0.29, 0.717) is 24.3 Å². The summed E-state index contributed by atoms with van der Waals surface area (Å²) in [6, 6.07) is 32.4. The van der Waals surface area contributed by atoms with E-state index in [1.807, 2.05) is 102 Å². The highest BCUT2D eigenvalue weighted by atomic mass is 32.2. The maximum Gasteiger partial charge on any atom is 0.270 e. The van der Waals surface area contributed by atoms with Crippen LogP contribution in [0.2, 0.25) is 0 Å². The summed E-state index contributed by atoms with van der Waals surface area (Å²) in [6.07, 6.45) is -0.258. The van der Waals surface area contributed by atoms with Gasteiger partial charge in [0, 0.05) is 36.7 Å². The highest BCUT2D eigenvalue weighted by Gasteiger charge is 2.40. The fourth-order valence-electron chi connectivity index (χ4n) is 5.10. The maximum absolute atomic E-state index is 14.1. The first-order chi connectivity index (χ1) is 19.1. The van der Waals surface area contributed by atoms with E-state index in [1.54, 1.807) is 6.07 Å². The van der Waals surface area contributed by atoms with Crippen molar-refractivity contribution in [3.8, 4) is 5.75 Å². The van der Waals surface area contributed by atoms with E-state index in [1.165, 1.54) is 12.1 Å². The van der Waals surface area contributed by atoms with Crippen LogP contribution in [0, 0.1) is 10.1 Å². The SMILES string of the molecule is O=C1c2cc([N+](=O)[O-])ccc2N(Cc2ccccc2)[C@H](c2cccc(OC3CSC3)c2)N1Cc1ccccc1. The normalized spacial score (nSPS) is 16.9. The van der Waals surface area contributed by atoms with Gasteiger partial charge < -0.3 is 14.5 Å². The van der Waals surface area contributed by atoms with Gasteiger partial charge in [-0.1, -0.05) is 72.8 Å². The van der Waals surface area contributed by atoms with Crippen LogP contribution in [0.15, 0.2) is 103 Å². The lowest BCUT2D eigenvalue weighted by Gasteiger charge is -2.46. The number of rotatable bonds is 8. The van der Waals surface area contributed by atoms with Crippen LogP contribution in [0.1, 0.15) is 33.2 Å². The van der Waals surface area contributed by atoms with Crippen molar-refractivity contribution in [2.45, 2.75) is 25.4 Å². The summed E-state index contributed by atoms with van der Waals surface area (Å²) in [5, 5.41) is 11.6. The van der Waals surface area contributed by atoms with Crippen LogP contribution in [0.5, 0.6) is 5.75 Å². The Morgan fingerprint density at radius 2 is 1.49 bits per heavy atom. The first-order valence-electron chi connectivity index (χ1n) is 12.8. The van der Waals surface area contributed by atoms with Gasteiger partial charge in [-0.3, -0.25) is 14.9 Å². The second kappa shape index (κ2) is 10.8. The van der Waals surface area contributed by atoms with Crippen molar-refractivity contribution in [2.24, 2.45) is 0 Å². The number of nitro benzene ring substituents is 1. The molecule has 4 aromatic carbocycles. The number of hydrogen-bond donors (Lipinski definition) is 0. The number of non-ortho nitro benzene ring substituents is 1. The molecule has 1 saturated heterocycles. The molecule has 1 amide bonds. The Balaban J connectivity index is 1.49. The largest absolute Gasteiger partial charge is 0.489 e. The minimum absolute atomic E-state index is 0.103. The summed E-state index contributed by atoms with van der Waals surface area (Å²) in [7, 11) is 0. The molecule has 8 heteroatoms. The molecule has 0 spiro atoms. The van der Waals surface area contributed by atoms with E-state index in [4.69, 9.17) is 4.74 Å². The van der Waals surface area contributed by atoms with Crippen LogP contribution in [-0.2, 0) is 13.1 Å². The molecule has 2 heterocycles. The Labute approximate surface area is 231 Å². The van der Waals surface area contributed by atoms with Gasteiger partial charge in [0.1, 0.15) is 18.0 Å². The van der Waals surface area contributed by atoms with Crippen LogP contribution < -0.4 is 9.64 Å². The molecule has 2 aliphatic rings. The Morgan fingerprint density at radius 1 is 0.821 bits per heavy atom. The minimum atomic E-state index is -0.456. The number of fused-ring (bicyclic) bond motifs is 1. The van der Waals surface area contributed by atoms with Crippen LogP contribution in [0.3, 0.4) is 0 Å². The van der Waals surface area contributed by atoms with Gasteiger partial charge in [-0.15, -0.1) is 0 Å². The van der Waals surface area contributed by atoms with Gasteiger partial charge in [0.25, 0.3) is 11.6 Å². The molecule has 0 bridgehead atoms. The van der Waals surface area contributed by atoms with Crippen LogP contribution in [0.4, 0.5) is 11.4 Å². The van der Waals surface area contributed by atoms with Gasteiger partial charge in [0.05, 0.1) is 16.2 Å². The third-order valence-electron chi connectivity index (χ3n) is 7.04. The molecule has 4 aromatic rings. The van der Waals surface area contributed by atoms with Crippen molar-refractivity contribution < 1.29 is 14.5 Å². The number of hydrogen-bond acceptors (Lipinski definition) is 6. The number of thioether (sulfide) groups is 1. The van der Waals surface area contributed by atoms with Gasteiger partial charge in [0.2, 0.25) is 0 Å². The predicted octanol–water partition coefficient (Wildman–Crippen LogP) is 6.45. The summed E-state index contributed by atoms with van der Waals surface area (Å²) in [5.41, 5.74) is 3.86. The fraction of sp³-hybridized carbons (Fsp3) is 0.194. The topological polar surface area (TPSA) is 75.9 Å². The maximum atomic E-state index is 14.1. The molecule has 0 N–H and O–H groups in total. The van der Waals surface area contributed by atoms with Crippen LogP contribution >= 0.6 is 11.8 Å². The van der Waals surface area contributed by atoms with Crippen molar-refractivity contribution >= 4 is 29.0 Å². The van der Waals surface area contributed by atoms with E-state index in [-0.39, 0.29) is 17.7 Å². The number of nitrogens with zero attached hydrogens (tertiary/aromatic N) is 3. The number of amides is 1. The van der Waals surface area contributed by atoms with Crippen LogP contribution in [0.25, 0.3) is 0 Å². The molecular formula is C31H27N3O4S. The first kappa shape index (κ1) is 25.0. The molecule has 0 unspecified atom stereocenters. The second-order valence-corrected chi connectivity index (χ2v) is 10.8. The lowest BCUT2D eigenvalue weighted by atomic mass is 9.98. The van der Waals surface area contributed by atoms with Crippen molar-refractivity contribution in [3.05, 3.63) is 135 Å². The third-order valence-corrected chi connectivity index (χ3v) is 8.26. The van der Waals surface area contributed by atoms with E-state index in [9.17, 15) is 14.9 Å². The van der Waals surface area contributed by atoms with Crippen molar-refractivity contribution in [1.82, 2.24) is 4.90 Å².